The lowest BCUT2D eigenvalue weighted by Gasteiger charge is -2.13. The number of carbonyl (C=O) groups excluding carboxylic acids is 1. The van der Waals surface area contributed by atoms with Crippen LogP contribution < -0.4 is 11.1 Å². The van der Waals surface area contributed by atoms with E-state index in [0.29, 0.717) is 6.42 Å². The molecule has 23 heavy (non-hydrogen) atoms. The zero-order chi connectivity index (χ0) is 16.3. The van der Waals surface area contributed by atoms with E-state index in [0.717, 1.165) is 21.1 Å². The monoisotopic (exact) mass is 357 g/mol. The number of nitrogens with zero attached hydrogens (tertiary/aromatic N) is 1. The van der Waals surface area contributed by atoms with Gasteiger partial charge >= 0.3 is 0 Å². The van der Waals surface area contributed by atoms with Crippen molar-refractivity contribution in [1.29, 1.82) is 0 Å². The Hall–Kier alpha value is -1.50. The number of rotatable bonds is 5. The molecule has 1 heterocycles. The molecule has 0 fully saturated rings. The van der Waals surface area contributed by atoms with Crippen molar-refractivity contribution in [3.63, 3.8) is 0 Å². The van der Waals surface area contributed by atoms with Crippen molar-refractivity contribution in [2.75, 3.05) is 0 Å². The fraction of sp³-hybridized carbons (Fsp3) is 0.375. The van der Waals surface area contributed by atoms with Crippen LogP contribution in [-0.4, -0.2) is 16.9 Å². The van der Waals surface area contributed by atoms with E-state index in [1.807, 2.05) is 13.8 Å². The largest absolute Gasteiger partial charge is 0.349 e. The Balaban J connectivity index is 0.00000264. The molecular formula is C16H21ClFN3OS. The predicted molar refractivity (Wildman–Crippen MR) is 94.3 cm³/mol. The highest BCUT2D eigenvalue weighted by Gasteiger charge is 2.17. The van der Waals surface area contributed by atoms with E-state index in [9.17, 15) is 9.18 Å². The lowest BCUT2D eigenvalue weighted by Crippen LogP contribution is -2.31. The predicted octanol–water partition coefficient (Wildman–Crippen LogP) is 3.59. The van der Waals surface area contributed by atoms with Gasteiger partial charge < -0.3 is 11.1 Å². The highest BCUT2D eigenvalue weighted by Crippen LogP contribution is 2.31. The third-order valence-corrected chi connectivity index (χ3v) is 4.59. The number of hydrogen-bond acceptors (Lipinski definition) is 4. The fourth-order valence-corrected chi connectivity index (χ4v) is 3.26. The highest BCUT2D eigenvalue weighted by molar-refractivity contribution is 7.15. The molecule has 0 aliphatic rings. The van der Waals surface area contributed by atoms with Crippen molar-refractivity contribution >= 4 is 29.7 Å². The van der Waals surface area contributed by atoms with Gasteiger partial charge in [-0.25, -0.2) is 9.37 Å². The third kappa shape index (κ3) is 5.27. The van der Waals surface area contributed by atoms with Crippen LogP contribution in [0.4, 0.5) is 4.39 Å². The number of benzene rings is 1. The minimum Gasteiger partial charge on any atom is -0.349 e. The van der Waals surface area contributed by atoms with Crippen molar-refractivity contribution in [3.05, 3.63) is 40.7 Å². The molecule has 3 N–H and O–H groups in total. The number of nitrogens with one attached hydrogen (secondary N) is 1. The molecule has 0 radical (unpaired) electrons. The molecule has 0 saturated carbocycles. The Morgan fingerprint density at radius 1 is 1.35 bits per heavy atom. The molecule has 7 heteroatoms. The molecule has 2 aromatic rings. The number of halogens is 2. The minimum atomic E-state index is -0.270. The summed E-state index contributed by atoms with van der Waals surface area (Å²) in [5.41, 5.74) is 7.37. The first kappa shape index (κ1) is 19.5. The summed E-state index contributed by atoms with van der Waals surface area (Å²) < 4.78 is 13.0. The molecule has 0 saturated heterocycles. The summed E-state index contributed by atoms with van der Waals surface area (Å²) >= 11 is 1.51. The Kier molecular flexibility index (Phi) is 7.12. The van der Waals surface area contributed by atoms with Gasteiger partial charge in [0, 0.05) is 18.0 Å². The quantitative estimate of drug-likeness (QED) is 0.859. The van der Waals surface area contributed by atoms with Gasteiger partial charge in [0.25, 0.3) is 0 Å². The van der Waals surface area contributed by atoms with Crippen LogP contribution in [0.25, 0.3) is 10.6 Å². The molecule has 0 aliphatic carbocycles. The van der Waals surface area contributed by atoms with E-state index in [1.54, 1.807) is 19.1 Å². The van der Waals surface area contributed by atoms with Crippen LogP contribution in [0.1, 0.15) is 36.9 Å². The van der Waals surface area contributed by atoms with Gasteiger partial charge in [-0.2, -0.15) is 0 Å². The molecule has 4 nitrogen and oxygen atoms in total. The van der Waals surface area contributed by atoms with Crippen LogP contribution in [0.5, 0.6) is 0 Å². The van der Waals surface area contributed by atoms with Gasteiger partial charge in [-0.3, -0.25) is 4.79 Å². The second-order valence-corrected chi connectivity index (χ2v) is 6.48. The number of amides is 1. The second kappa shape index (κ2) is 8.38. The molecule has 126 valence electrons. The summed E-state index contributed by atoms with van der Waals surface area (Å²) in [5, 5.41) is 3.75. The average Bonchev–Trinajstić information content (AvgIpc) is 2.80. The second-order valence-electron chi connectivity index (χ2n) is 5.45. The summed E-state index contributed by atoms with van der Waals surface area (Å²) in [6.07, 6.45) is 0.299. The van der Waals surface area contributed by atoms with Gasteiger partial charge in [0.15, 0.2) is 0 Å². The van der Waals surface area contributed by atoms with Gasteiger partial charge in [-0.05, 0) is 45.0 Å². The lowest BCUT2D eigenvalue weighted by molar-refractivity contribution is -0.121. The summed E-state index contributed by atoms with van der Waals surface area (Å²) in [6.45, 7) is 5.63. The Morgan fingerprint density at radius 2 is 1.96 bits per heavy atom. The SMILES string of the molecule is Cc1nc(-c2ccc(F)cc2)sc1C(C)NC(=O)CC(C)N.Cl. The molecule has 2 unspecified atom stereocenters. The molecule has 1 aromatic heterocycles. The van der Waals surface area contributed by atoms with Crippen LogP contribution in [-0.2, 0) is 4.79 Å². The van der Waals surface area contributed by atoms with Crippen LogP contribution in [0.15, 0.2) is 24.3 Å². The van der Waals surface area contributed by atoms with E-state index < -0.39 is 0 Å². The molecule has 1 aromatic carbocycles. The maximum absolute atomic E-state index is 13.0. The van der Waals surface area contributed by atoms with Crippen molar-refractivity contribution in [2.45, 2.75) is 39.3 Å². The van der Waals surface area contributed by atoms with Crippen LogP contribution in [0.3, 0.4) is 0 Å². The van der Waals surface area contributed by atoms with Crippen LogP contribution in [0, 0.1) is 12.7 Å². The molecule has 0 aliphatic heterocycles. The van der Waals surface area contributed by atoms with E-state index in [-0.39, 0.29) is 36.2 Å². The molecule has 0 bridgehead atoms. The van der Waals surface area contributed by atoms with E-state index in [4.69, 9.17) is 5.73 Å². The maximum atomic E-state index is 13.0. The van der Waals surface area contributed by atoms with Crippen molar-refractivity contribution in [2.24, 2.45) is 5.73 Å². The van der Waals surface area contributed by atoms with Gasteiger partial charge in [0.2, 0.25) is 5.91 Å². The Morgan fingerprint density at radius 3 is 2.52 bits per heavy atom. The normalized spacial score (nSPS) is 13.1. The first-order valence-corrected chi connectivity index (χ1v) is 7.96. The molecule has 2 rings (SSSR count). The number of nitrogens with two attached hydrogens (primary N) is 1. The first-order valence-electron chi connectivity index (χ1n) is 7.15. The van der Waals surface area contributed by atoms with Gasteiger partial charge in [0.1, 0.15) is 10.8 Å². The Bertz CT molecular complexity index is 658. The van der Waals surface area contributed by atoms with E-state index in [1.165, 1.54) is 23.5 Å². The van der Waals surface area contributed by atoms with Crippen LogP contribution in [0.2, 0.25) is 0 Å². The molecule has 2 atom stereocenters. The zero-order valence-corrected chi connectivity index (χ0v) is 14.9. The third-order valence-electron chi connectivity index (χ3n) is 3.20. The topological polar surface area (TPSA) is 68.0 Å². The molecular weight excluding hydrogens is 337 g/mol. The summed E-state index contributed by atoms with van der Waals surface area (Å²) in [7, 11) is 0. The smallest absolute Gasteiger partial charge is 0.222 e. The van der Waals surface area contributed by atoms with E-state index >= 15 is 0 Å². The van der Waals surface area contributed by atoms with Crippen molar-refractivity contribution in [1.82, 2.24) is 10.3 Å². The fourth-order valence-electron chi connectivity index (χ4n) is 2.18. The summed E-state index contributed by atoms with van der Waals surface area (Å²) in [4.78, 5) is 17.3. The number of aromatic nitrogens is 1. The molecule has 0 spiro atoms. The zero-order valence-electron chi connectivity index (χ0n) is 13.3. The van der Waals surface area contributed by atoms with Gasteiger partial charge in [-0.15, -0.1) is 23.7 Å². The minimum absolute atomic E-state index is 0. The highest BCUT2D eigenvalue weighted by atomic mass is 35.5. The summed E-state index contributed by atoms with van der Waals surface area (Å²) in [6, 6.07) is 5.95. The van der Waals surface area contributed by atoms with Crippen molar-refractivity contribution in [3.8, 4) is 10.6 Å². The lowest BCUT2D eigenvalue weighted by atomic mass is 10.2. The maximum Gasteiger partial charge on any atom is 0.222 e. The number of thiazole rings is 1. The number of hydrogen-bond donors (Lipinski definition) is 2. The average molecular weight is 358 g/mol. The molecule has 1 amide bonds. The standard InChI is InChI=1S/C16H20FN3OS.ClH/c1-9(18)8-14(21)19-10(2)15-11(3)20-16(22-15)12-4-6-13(17)7-5-12;/h4-7,9-10H,8,18H2,1-3H3,(H,19,21);1H. The van der Waals surface area contributed by atoms with Gasteiger partial charge in [-0.1, -0.05) is 0 Å². The Labute approximate surface area is 145 Å². The van der Waals surface area contributed by atoms with Crippen LogP contribution >= 0.6 is 23.7 Å². The van der Waals surface area contributed by atoms with Crippen molar-refractivity contribution < 1.29 is 9.18 Å². The summed E-state index contributed by atoms with van der Waals surface area (Å²) in [5.74, 6) is -0.340. The number of aryl methyl sites for hydroxylation is 1. The van der Waals surface area contributed by atoms with E-state index in [2.05, 4.69) is 10.3 Å². The van der Waals surface area contributed by atoms with Gasteiger partial charge in [0.05, 0.1) is 16.6 Å². The first-order chi connectivity index (χ1) is 10.4. The number of carbonyl (C=O) groups is 1.